The van der Waals surface area contributed by atoms with Gasteiger partial charge in [-0.15, -0.1) is 21.5 Å². The predicted molar refractivity (Wildman–Crippen MR) is 82.3 cm³/mol. The van der Waals surface area contributed by atoms with Crippen LogP contribution < -0.4 is 4.74 Å². The molecule has 0 saturated heterocycles. The molecule has 0 bridgehead atoms. The van der Waals surface area contributed by atoms with Crippen LogP contribution in [0, 0.1) is 0 Å². The van der Waals surface area contributed by atoms with Crippen molar-refractivity contribution >= 4 is 38.9 Å². The molecule has 2 heterocycles. The minimum absolute atomic E-state index is 0.433. The highest BCUT2D eigenvalue weighted by Crippen LogP contribution is 2.41. The molecule has 0 amide bonds. The maximum absolute atomic E-state index is 5.86. The Labute approximate surface area is 132 Å². The fraction of sp³-hybridized carbons (Fsp3) is 0.0769. The van der Waals surface area contributed by atoms with Crippen LogP contribution in [0.15, 0.2) is 38.5 Å². The van der Waals surface area contributed by atoms with Crippen molar-refractivity contribution in [2.75, 3.05) is 7.11 Å². The minimum atomic E-state index is 0.433. The summed E-state index contributed by atoms with van der Waals surface area (Å²) in [6.45, 7) is 0. The molecular formula is C13H8BrClN2O2S. The largest absolute Gasteiger partial charge is 0.494 e. The highest BCUT2D eigenvalue weighted by molar-refractivity contribution is 9.10. The van der Waals surface area contributed by atoms with Gasteiger partial charge in [0, 0.05) is 16.0 Å². The first-order valence-electron chi connectivity index (χ1n) is 5.60. The number of hydrogen-bond acceptors (Lipinski definition) is 5. The smallest absolute Gasteiger partial charge is 0.261 e. The topological polar surface area (TPSA) is 48.2 Å². The van der Waals surface area contributed by atoms with Gasteiger partial charge in [0.05, 0.1) is 11.6 Å². The molecule has 2 aromatic heterocycles. The number of nitrogens with zero attached hydrogens (tertiary/aromatic N) is 2. The Morgan fingerprint density at radius 1 is 1.20 bits per heavy atom. The van der Waals surface area contributed by atoms with Crippen molar-refractivity contribution in [3.63, 3.8) is 0 Å². The molecule has 20 heavy (non-hydrogen) atoms. The van der Waals surface area contributed by atoms with E-state index in [1.54, 1.807) is 19.2 Å². The van der Waals surface area contributed by atoms with Crippen molar-refractivity contribution in [2.24, 2.45) is 0 Å². The van der Waals surface area contributed by atoms with Crippen LogP contribution in [0.2, 0.25) is 5.02 Å². The van der Waals surface area contributed by atoms with Crippen LogP contribution in [0.1, 0.15) is 0 Å². The van der Waals surface area contributed by atoms with Crippen LogP contribution in [0.25, 0.3) is 22.2 Å². The van der Waals surface area contributed by atoms with E-state index in [4.69, 9.17) is 20.8 Å². The van der Waals surface area contributed by atoms with E-state index in [0.29, 0.717) is 22.6 Å². The van der Waals surface area contributed by atoms with E-state index in [1.165, 1.54) is 11.3 Å². The molecule has 1 aromatic carbocycles. The van der Waals surface area contributed by atoms with E-state index in [-0.39, 0.29) is 0 Å². The van der Waals surface area contributed by atoms with E-state index >= 15 is 0 Å². The van der Waals surface area contributed by atoms with Gasteiger partial charge in [-0.25, -0.2) is 0 Å². The SMILES string of the molecule is COc1c(Br)csc1-c1nnc(-c2ccc(Cl)cc2)o1. The molecule has 4 nitrogen and oxygen atoms in total. The molecule has 3 aromatic rings. The fourth-order valence-corrected chi connectivity index (χ4v) is 3.40. The lowest BCUT2D eigenvalue weighted by Crippen LogP contribution is -1.83. The summed E-state index contributed by atoms with van der Waals surface area (Å²) in [5.41, 5.74) is 0.822. The van der Waals surface area contributed by atoms with E-state index in [2.05, 4.69) is 26.1 Å². The first-order valence-corrected chi connectivity index (χ1v) is 7.65. The zero-order valence-electron chi connectivity index (χ0n) is 10.3. The molecular weight excluding hydrogens is 364 g/mol. The third-order valence-electron chi connectivity index (χ3n) is 2.62. The molecule has 0 spiro atoms. The van der Waals surface area contributed by atoms with Crippen molar-refractivity contribution in [3.8, 4) is 28.0 Å². The molecule has 0 aliphatic rings. The van der Waals surface area contributed by atoms with Crippen LogP contribution in [0.5, 0.6) is 5.75 Å². The Bertz CT molecular complexity index is 739. The highest BCUT2D eigenvalue weighted by Gasteiger charge is 2.18. The Morgan fingerprint density at radius 2 is 1.90 bits per heavy atom. The van der Waals surface area contributed by atoms with Crippen molar-refractivity contribution < 1.29 is 9.15 Å². The number of ether oxygens (including phenoxy) is 1. The molecule has 102 valence electrons. The first-order chi connectivity index (χ1) is 9.69. The Kier molecular flexibility index (Phi) is 3.78. The van der Waals surface area contributed by atoms with Gasteiger partial charge in [0.1, 0.15) is 4.88 Å². The van der Waals surface area contributed by atoms with Gasteiger partial charge in [-0.2, -0.15) is 0 Å². The Balaban J connectivity index is 1.99. The summed E-state index contributed by atoms with van der Waals surface area (Å²) in [5, 5.41) is 10.7. The van der Waals surface area contributed by atoms with E-state index in [0.717, 1.165) is 14.9 Å². The second-order valence-electron chi connectivity index (χ2n) is 3.87. The minimum Gasteiger partial charge on any atom is -0.494 e. The summed E-state index contributed by atoms with van der Waals surface area (Å²) < 4.78 is 11.9. The van der Waals surface area contributed by atoms with Crippen molar-refractivity contribution in [2.45, 2.75) is 0 Å². The van der Waals surface area contributed by atoms with Crippen molar-refractivity contribution in [3.05, 3.63) is 39.1 Å². The molecule has 0 aliphatic heterocycles. The molecule has 0 atom stereocenters. The fourth-order valence-electron chi connectivity index (χ4n) is 1.69. The summed E-state index contributed by atoms with van der Waals surface area (Å²) in [4.78, 5) is 0.798. The average molecular weight is 372 g/mol. The van der Waals surface area contributed by atoms with E-state index in [9.17, 15) is 0 Å². The number of hydrogen-bond donors (Lipinski definition) is 0. The van der Waals surface area contributed by atoms with Gasteiger partial charge in [0.15, 0.2) is 5.75 Å². The summed E-state index contributed by atoms with van der Waals surface area (Å²) >= 11 is 10.7. The Morgan fingerprint density at radius 3 is 2.60 bits per heavy atom. The van der Waals surface area contributed by atoms with Crippen molar-refractivity contribution in [1.82, 2.24) is 10.2 Å². The second-order valence-corrected chi connectivity index (χ2v) is 6.04. The molecule has 0 aliphatic carbocycles. The second kappa shape index (κ2) is 5.55. The number of thiophene rings is 1. The molecule has 0 radical (unpaired) electrons. The third-order valence-corrected chi connectivity index (χ3v) is 4.71. The summed E-state index contributed by atoms with van der Waals surface area (Å²) in [6, 6.07) is 7.23. The lowest BCUT2D eigenvalue weighted by Gasteiger charge is -1.98. The lowest BCUT2D eigenvalue weighted by atomic mass is 10.2. The average Bonchev–Trinajstić information content (AvgIpc) is 3.06. The normalized spacial score (nSPS) is 10.8. The molecule has 0 N–H and O–H groups in total. The van der Waals surface area contributed by atoms with Crippen LogP contribution in [-0.4, -0.2) is 17.3 Å². The summed E-state index contributed by atoms with van der Waals surface area (Å²) in [7, 11) is 1.60. The monoisotopic (exact) mass is 370 g/mol. The van der Waals surface area contributed by atoms with Gasteiger partial charge < -0.3 is 9.15 Å². The lowest BCUT2D eigenvalue weighted by molar-refractivity contribution is 0.414. The maximum atomic E-state index is 5.86. The van der Waals surface area contributed by atoms with Gasteiger partial charge in [0.25, 0.3) is 5.89 Å². The number of rotatable bonds is 3. The number of aromatic nitrogens is 2. The quantitative estimate of drug-likeness (QED) is 0.657. The molecule has 3 rings (SSSR count). The maximum Gasteiger partial charge on any atom is 0.261 e. The molecule has 7 heteroatoms. The predicted octanol–water partition coefficient (Wildman–Crippen LogP) is 4.89. The van der Waals surface area contributed by atoms with Crippen LogP contribution in [0.3, 0.4) is 0 Å². The third kappa shape index (κ3) is 2.46. The highest BCUT2D eigenvalue weighted by atomic mass is 79.9. The molecule has 0 saturated carbocycles. The number of methoxy groups -OCH3 is 1. The number of benzene rings is 1. The zero-order chi connectivity index (χ0) is 14.1. The van der Waals surface area contributed by atoms with Crippen molar-refractivity contribution in [1.29, 1.82) is 0 Å². The zero-order valence-corrected chi connectivity index (χ0v) is 13.4. The van der Waals surface area contributed by atoms with Gasteiger partial charge in [0.2, 0.25) is 5.89 Å². The van der Waals surface area contributed by atoms with E-state index in [1.807, 2.05) is 17.5 Å². The van der Waals surface area contributed by atoms with Gasteiger partial charge in [-0.05, 0) is 40.2 Å². The van der Waals surface area contributed by atoms with E-state index < -0.39 is 0 Å². The van der Waals surface area contributed by atoms with Crippen LogP contribution in [0.4, 0.5) is 0 Å². The van der Waals surface area contributed by atoms with Crippen LogP contribution in [-0.2, 0) is 0 Å². The van der Waals surface area contributed by atoms with Gasteiger partial charge >= 0.3 is 0 Å². The molecule has 0 unspecified atom stereocenters. The summed E-state index contributed by atoms with van der Waals surface area (Å²) in [5.74, 6) is 1.58. The Hall–Kier alpha value is -1.37. The van der Waals surface area contributed by atoms with Crippen LogP contribution >= 0.6 is 38.9 Å². The van der Waals surface area contributed by atoms with Gasteiger partial charge in [-0.1, -0.05) is 11.6 Å². The standard InChI is InChI=1S/C13H8BrClN2O2S/c1-18-10-9(14)6-20-11(10)13-17-16-12(19-13)7-2-4-8(15)5-3-7/h2-6H,1H3. The first kappa shape index (κ1) is 13.6. The summed E-state index contributed by atoms with van der Waals surface area (Å²) in [6.07, 6.45) is 0. The number of halogens is 2. The van der Waals surface area contributed by atoms with Gasteiger partial charge in [-0.3, -0.25) is 0 Å². The molecule has 0 fully saturated rings.